The smallest absolute Gasteiger partial charge is 0.276 e. The molecule has 31 heavy (non-hydrogen) atoms. The van der Waals surface area contributed by atoms with Gasteiger partial charge in [-0.05, 0) is 39.2 Å². The molecule has 3 aromatic rings. The number of aryl methyl sites for hydroxylation is 2. The normalized spacial score (nSPS) is 14.9. The summed E-state index contributed by atoms with van der Waals surface area (Å²) >= 11 is 0. The highest BCUT2D eigenvalue weighted by atomic mass is 16.5. The maximum atomic E-state index is 12.9. The predicted molar refractivity (Wildman–Crippen MR) is 113 cm³/mol. The topological polar surface area (TPSA) is 99.2 Å². The maximum absolute atomic E-state index is 12.9. The van der Waals surface area contributed by atoms with Gasteiger partial charge >= 0.3 is 0 Å². The molecule has 0 spiro atoms. The lowest BCUT2D eigenvalue weighted by Crippen LogP contribution is -2.38. The number of hydrogen-bond acceptors (Lipinski definition) is 7. The molecule has 0 unspecified atom stereocenters. The molecule has 1 fully saturated rings. The summed E-state index contributed by atoms with van der Waals surface area (Å²) in [5.41, 5.74) is 3.49. The van der Waals surface area contributed by atoms with Crippen molar-refractivity contribution in [1.29, 1.82) is 0 Å². The molecule has 4 heterocycles. The SMILES string of the molecule is CCOCc1cnc(C)nc1C1CCN(C(=O)c2cc(Cn3cc(C)cn3)on2)CC1. The van der Waals surface area contributed by atoms with Crippen molar-refractivity contribution in [3.8, 4) is 0 Å². The van der Waals surface area contributed by atoms with Crippen LogP contribution in [0.4, 0.5) is 0 Å². The van der Waals surface area contributed by atoms with Crippen LogP contribution in [0.2, 0.25) is 0 Å². The molecule has 1 aliphatic heterocycles. The van der Waals surface area contributed by atoms with Crippen LogP contribution in [-0.2, 0) is 17.9 Å². The first-order valence-electron chi connectivity index (χ1n) is 10.7. The van der Waals surface area contributed by atoms with Gasteiger partial charge in [0.25, 0.3) is 5.91 Å². The van der Waals surface area contributed by atoms with Gasteiger partial charge in [0.15, 0.2) is 11.5 Å². The van der Waals surface area contributed by atoms with Gasteiger partial charge in [-0.25, -0.2) is 9.97 Å². The minimum absolute atomic E-state index is 0.0986. The summed E-state index contributed by atoms with van der Waals surface area (Å²) in [5, 5.41) is 8.22. The summed E-state index contributed by atoms with van der Waals surface area (Å²) in [4.78, 5) is 23.8. The van der Waals surface area contributed by atoms with E-state index in [4.69, 9.17) is 14.2 Å². The van der Waals surface area contributed by atoms with Crippen molar-refractivity contribution in [1.82, 2.24) is 29.8 Å². The highest BCUT2D eigenvalue weighted by Gasteiger charge is 2.28. The van der Waals surface area contributed by atoms with Crippen LogP contribution in [0, 0.1) is 13.8 Å². The molecule has 9 heteroatoms. The maximum Gasteiger partial charge on any atom is 0.276 e. The van der Waals surface area contributed by atoms with E-state index < -0.39 is 0 Å². The number of nitrogens with zero attached hydrogens (tertiary/aromatic N) is 6. The molecule has 1 aliphatic rings. The molecule has 0 saturated carbocycles. The van der Waals surface area contributed by atoms with Crippen molar-refractivity contribution in [3.05, 3.63) is 58.8 Å². The minimum Gasteiger partial charge on any atom is -0.377 e. The fourth-order valence-electron chi connectivity index (χ4n) is 3.91. The number of carbonyl (C=O) groups excluding carboxylic acids is 1. The first-order chi connectivity index (χ1) is 15.0. The van der Waals surface area contributed by atoms with Crippen molar-refractivity contribution in [2.75, 3.05) is 19.7 Å². The zero-order valence-corrected chi connectivity index (χ0v) is 18.2. The van der Waals surface area contributed by atoms with E-state index in [9.17, 15) is 4.79 Å². The summed E-state index contributed by atoms with van der Waals surface area (Å²) in [7, 11) is 0. The van der Waals surface area contributed by atoms with Crippen LogP contribution < -0.4 is 0 Å². The summed E-state index contributed by atoms with van der Waals surface area (Å²) in [6.07, 6.45) is 7.26. The van der Waals surface area contributed by atoms with Crippen LogP contribution in [0.3, 0.4) is 0 Å². The molecular weight excluding hydrogens is 396 g/mol. The Morgan fingerprint density at radius 2 is 2.06 bits per heavy atom. The fourth-order valence-corrected chi connectivity index (χ4v) is 3.91. The number of piperidine rings is 1. The van der Waals surface area contributed by atoms with Crippen molar-refractivity contribution in [2.24, 2.45) is 0 Å². The molecule has 0 aromatic carbocycles. The Bertz CT molecular complexity index is 1040. The lowest BCUT2D eigenvalue weighted by atomic mass is 9.90. The standard InChI is InChI=1S/C22H28N6O3/c1-4-30-14-18-11-23-16(3)25-21(18)17-5-7-27(8-6-17)22(29)20-9-19(31-26-20)13-28-12-15(2)10-24-28/h9-12,17H,4-8,13-14H2,1-3H3. The van der Waals surface area contributed by atoms with Gasteiger partial charge in [-0.1, -0.05) is 5.16 Å². The van der Waals surface area contributed by atoms with E-state index in [1.165, 1.54) is 0 Å². The average Bonchev–Trinajstić information content (AvgIpc) is 3.41. The lowest BCUT2D eigenvalue weighted by molar-refractivity contribution is 0.0700. The first-order valence-corrected chi connectivity index (χ1v) is 10.7. The lowest BCUT2D eigenvalue weighted by Gasteiger charge is -2.32. The summed E-state index contributed by atoms with van der Waals surface area (Å²) < 4.78 is 12.7. The van der Waals surface area contributed by atoms with E-state index >= 15 is 0 Å². The van der Waals surface area contributed by atoms with Gasteiger partial charge in [-0.15, -0.1) is 0 Å². The zero-order chi connectivity index (χ0) is 21.8. The van der Waals surface area contributed by atoms with Crippen LogP contribution in [0.5, 0.6) is 0 Å². The molecule has 1 amide bonds. The van der Waals surface area contributed by atoms with E-state index in [0.717, 1.165) is 35.5 Å². The van der Waals surface area contributed by atoms with Crippen LogP contribution >= 0.6 is 0 Å². The fraction of sp³-hybridized carbons (Fsp3) is 0.500. The van der Waals surface area contributed by atoms with Gasteiger partial charge in [0, 0.05) is 49.6 Å². The quantitative estimate of drug-likeness (QED) is 0.575. The molecule has 0 aliphatic carbocycles. The summed E-state index contributed by atoms with van der Waals surface area (Å²) in [6, 6.07) is 1.71. The van der Waals surface area contributed by atoms with E-state index in [-0.39, 0.29) is 11.8 Å². The predicted octanol–water partition coefficient (Wildman–Crippen LogP) is 2.88. The summed E-state index contributed by atoms with van der Waals surface area (Å²) in [5.74, 6) is 1.56. The van der Waals surface area contributed by atoms with Crippen molar-refractivity contribution < 1.29 is 14.1 Å². The van der Waals surface area contributed by atoms with Gasteiger partial charge in [0.1, 0.15) is 12.4 Å². The summed E-state index contributed by atoms with van der Waals surface area (Å²) in [6.45, 7) is 8.78. The molecular formula is C22H28N6O3. The highest BCUT2D eigenvalue weighted by Crippen LogP contribution is 2.30. The Balaban J connectivity index is 1.38. The number of carbonyl (C=O) groups is 1. The number of likely N-dealkylation sites (tertiary alicyclic amines) is 1. The number of rotatable bonds is 7. The van der Waals surface area contributed by atoms with E-state index in [1.807, 2.05) is 38.1 Å². The second-order valence-corrected chi connectivity index (χ2v) is 7.93. The Kier molecular flexibility index (Phi) is 6.41. The van der Waals surface area contributed by atoms with Crippen molar-refractivity contribution in [2.45, 2.75) is 52.7 Å². The average molecular weight is 425 g/mol. The largest absolute Gasteiger partial charge is 0.377 e. The number of aromatic nitrogens is 5. The molecule has 164 valence electrons. The molecule has 0 radical (unpaired) electrons. The number of ether oxygens (including phenoxy) is 1. The van der Waals surface area contributed by atoms with Gasteiger partial charge in [0.05, 0.1) is 18.5 Å². The Labute approximate surface area is 181 Å². The van der Waals surface area contributed by atoms with Crippen LogP contribution in [0.15, 0.2) is 29.2 Å². The third-order valence-corrected chi connectivity index (χ3v) is 5.51. The monoisotopic (exact) mass is 424 g/mol. The molecule has 0 bridgehead atoms. The van der Waals surface area contributed by atoms with Crippen LogP contribution in [0.25, 0.3) is 0 Å². The van der Waals surface area contributed by atoms with E-state index in [0.29, 0.717) is 44.3 Å². The highest BCUT2D eigenvalue weighted by molar-refractivity contribution is 5.92. The molecule has 3 aromatic heterocycles. The van der Waals surface area contributed by atoms with Gasteiger partial charge < -0.3 is 14.2 Å². The van der Waals surface area contributed by atoms with E-state index in [1.54, 1.807) is 16.9 Å². The molecule has 4 rings (SSSR count). The third-order valence-electron chi connectivity index (χ3n) is 5.51. The van der Waals surface area contributed by atoms with Gasteiger partial charge in [-0.2, -0.15) is 5.10 Å². The zero-order valence-electron chi connectivity index (χ0n) is 18.2. The third kappa shape index (κ3) is 4.99. The molecule has 1 saturated heterocycles. The molecule has 0 atom stereocenters. The number of hydrogen-bond donors (Lipinski definition) is 0. The van der Waals surface area contributed by atoms with Gasteiger partial charge in [0.2, 0.25) is 0 Å². The Morgan fingerprint density at radius 3 is 2.77 bits per heavy atom. The molecule has 9 nitrogen and oxygen atoms in total. The second-order valence-electron chi connectivity index (χ2n) is 7.93. The number of amides is 1. The van der Waals surface area contributed by atoms with E-state index in [2.05, 4.69) is 15.2 Å². The minimum atomic E-state index is -0.0986. The van der Waals surface area contributed by atoms with Gasteiger partial charge in [-0.3, -0.25) is 9.48 Å². The second kappa shape index (κ2) is 9.38. The Hall–Kier alpha value is -3.07. The van der Waals surface area contributed by atoms with Crippen LogP contribution in [-0.4, -0.2) is 55.4 Å². The molecule has 0 N–H and O–H groups in total. The first kappa shape index (κ1) is 21.2. The van der Waals surface area contributed by atoms with Crippen molar-refractivity contribution >= 4 is 5.91 Å². The van der Waals surface area contributed by atoms with Crippen LogP contribution in [0.1, 0.15) is 64.6 Å². The Morgan fingerprint density at radius 1 is 1.26 bits per heavy atom. The van der Waals surface area contributed by atoms with Crippen molar-refractivity contribution in [3.63, 3.8) is 0 Å².